The third-order valence-corrected chi connectivity index (χ3v) is 5.49. The molecular formula is C26H26N2O7. The van der Waals surface area contributed by atoms with E-state index < -0.39 is 35.8 Å². The van der Waals surface area contributed by atoms with Crippen molar-refractivity contribution >= 4 is 23.8 Å². The Morgan fingerprint density at radius 3 is 1.34 bits per heavy atom. The van der Waals surface area contributed by atoms with Gasteiger partial charge in [-0.2, -0.15) is 0 Å². The van der Waals surface area contributed by atoms with Crippen molar-refractivity contribution in [2.45, 2.75) is 38.8 Å². The largest absolute Gasteiger partial charge is 0.480 e. The minimum absolute atomic E-state index is 0.0392. The second-order valence-corrected chi connectivity index (χ2v) is 8.07. The smallest absolute Gasteiger partial charge is 0.326 e. The van der Waals surface area contributed by atoms with Crippen molar-refractivity contribution in [3.8, 4) is 0 Å². The third-order valence-electron chi connectivity index (χ3n) is 5.49. The van der Waals surface area contributed by atoms with Gasteiger partial charge in [-0.15, -0.1) is 0 Å². The monoisotopic (exact) mass is 478 g/mol. The molecule has 2 amide bonds. The molecule has 1 aromatic heterocycles. The van der Waals surface area contributed by atoms with Gasteiger partial charge in [0.25, 0.3) is 11.8 Å². The summed E-state index contributed by atoms with van der Waals surface area (Å²) in [6, 6.07) is 15.1. The number of amides is 2. The first-order valence-corrected chi connectivity index (χ1v) is 10.9. The second-order valence-electron chi connectivity index (χ2n) is 8.07. The normalized spacial score (nSPS) is 12.4. The Balaban J connectivity index is 1.82. The number of aryl methyl sites for hydroxylation is 2. The molecule has 182 valence electrons. The van der Waals surface area contributed by atoms with Crippen LogP contribution in [0, 0.1) is 13.8 Å². The van der Waals surface area contributed by atoms with Crippen LogP contribution < -0.4 is 10.6 Å². The van der Waals surface area contributed by atoms with E-state index in [1.807, 2.05) is 0 Å². The number of aliphatic carboxylic acids is 2. The average Bonchev–Trinajstić information content (AvgIpc) is 3.13. The molecule has 0 radical (unpaired) electrons. The fourth-order valence-corrected chi connectivity index (χ4v) is 3.79. The van der Waals surface area contributed by atoms with Crippen LogP contribution in [-0.2, 0) is 22.4 Å². The van der Waals surface area contributed by atoms with Crippen LogP contribution >= 0.6 is 0 Å². The Kier molecular flexibility index (Phi) is 8.04. The molecule has 1 heterocycles. The third kappa shape index (κ3) is 6.35. The van der Waals surface area contributed by atoms with E-state index in [0.29, 0.717) is 11.1 Å². The predicted molar refractivity (Wildman–Crippen MR) is 126 cm³/mol. The first-order valence-electron chi connectivity index (χ1n) is 10.9. The number of carboxylic acids is 2. The van der Waals surface area contributed by atoms with Crippen molar-refractivity contribution in [3.63, 3.8) is 0 Å². The van der Waals surface area contributed by atoms with Crippen molar-refractivity contribution in [2.24, 2.45) is 0 Å². The van der Waals surface area contributed by atoms with Crippen LogP contribution in [0.5, 0.6) is 0 Å². The van der Waals surface area contributed by atoms with Gasteiger partial charge in [-0.05, 0) is 25.0 Å². The molecule has 2 atom stereocenters. The van der Waals surface area contributed by atoms with E-state index in [0.717, 1.165) is 0 Å². The zero-order chi connectivity index (χ0) is 25.5. The molecule has 0 aliphatic rings. The molecule has 3 aromatic rings. The molecular weight excluding hydrogens is 452 g/mol. The zero-order valence-corrected chi connectivity index (χ0v) is 19.3. The van der Waals surface area contributed by atoms with Crippen LogP contribution in [0.3, 0.4) is 0 Å². The summed E-state index contributed by atoms with van der Waals surface area (Å²) in [7, 11) is 0. The molecule has 0 bridgehead atoms. The lowest BCUT2D eigenvalue weighted by atomic mass is 10.0. The number of hydrogen-bond donors (Lipinski definition) is 4. The molecule has 3 rings (SSSR count). The number of carbonyl (C=O) groups excluding carboxylic acids is 2. The number of hydrogen-bond acceptors (Lipinski definition) is 5. The number of carbonyl (C=O) groups is 4. The summed E-state index contributed by atoms with van der Waals surface area (Å²) < 4.78 is 5.49. The van der Waals surface area contributed by atoms with E-state index >= 15 is 0 Å². The quantitative estimate of drug-likeness (QED) is 0.350. The first kappa shape index (κ1) is 25.2. The molecule has 0 fully saturated rings. The van der Waals surface area contributed by atoms with Gasteiger partial charge in [0.05, 0.1) is 11.1 Å². The van der Waals surface area contributed by atoms with Gasteiger partial charge in [-0.3, -0.25) is 9.59 Å². The highest BCUT2D eigenvalue weighted by Crippen LogP contribution is 2.23. The van der Waals surface area contributed by atoms with E-state index in [4.69, 9.17) is 4.42 Å². The van der Waals surface area contributed by atoms with E-state index in [1.165, 1.54) is 13.8 Å². The van der Waals surface area contributed by atoms with Gasteiger partial charge in [-0.1, -0.05) is 60.7 Å². The number of rotatable bonds is 10. The van der Waals surface area contributed by atoms with Crippen molar-refractivity contribution in [1.82, 2.24) is 10.6 Å². The highest BCUT2D eigenvalue weighted by atomic mass is 16.4. The Labute approximate surface area is 201 Å². The minimum Gasteiger partial charge on any atom is -0.480 e. The number of nitrogens with one attached hydrogen (secondary N) is 2. The van der Waals surface area contributed by atoms with Crippen LogP contribution in [0.1, 0.15) is 43.4 Å². The highest BCUT2D eigenvalue weighted by molar-refractivity contribution is 6.10. The standard InChI is InChI=1S/C26H26N2O7/c1-15-21(23(29)27-19(25(31)32)13-17-9-5-3-6-10-17)22(16(2)35-15)24(30)28-20(26(33)34)14-18-11-7-4-8-12-18/h3-12,19-20H,13-14H2,1-2H3,(H,27,29)(H,28,30)(H,31,32)(H,33,34)/t19-,20-/m1/s1. The number of benzene rings is 2. The Morgan fingerprint density at radius 1 is 0.686 bits per heavy atom. The Hall–Kier alpha value is -4.40. The molecule has 2 aromatic carbocycles. The maximum absolute atomic E-state index is 13.1. The molecule has 4 N–H and O–H groups in total. The van der Waals surface area contributed by atoms with Gasteiger partial charge < -0.3 is 25.3 Å². The summed E-state index contributed by atoms with van der Waals surface area (Å²) >= 11 is 0. The Bertz CT molecular complexity index is 1130. The van der Waals surface area contributed by atoms with E-state index in [1.54, 1.807) is 60.7 Å². The lowest BCUT2D eigenvalue weighted by Gasteiger charge is -2.17. The molecule has 35 heavy (non-hydrogen) atoms. The van der Waals surface area contributed by atoms with Crippen molar-refractivity contribution in [2.75, 3.05) is 0 Å². The van der Waals surface area contributed by atoms with E-state index in [-0.39, 0.29) is 35.5 Å². The minimum atomic E-state index is -1.25. The molecule has 0 aliphatic carbocycles. The van der Waals surface area contributed by atoms with Crippen molar-refractivity contribution in [3.05, 3.63) is 94.4 Å². The predicted octanol–water partition coefficient (Wildman–Crippen LogP) is 2.75. The topological polar surface area (TPSA) is 146 Å². The summed E-state index contributed by atoms with van der Waals surface area (Å²) in [6.07, 6.45) is 0.0783. The summed E-state index contributed by atoms with van der Waals surface area (Å²) in [4.78, 5) is 49.8. The molecule has 9 nitrogen and oxygen atoms in total. The average molecular weight is 479 g/mol. The first-order chi connectivity index (χ1) is 16.7. The fourth-order valence-electron chi connectivity index (χ4n) is 3.79. The van der Waals surface area contributed by atoms with Crippen molar-refractivity contribution in [1.29, 1.82) is 0 Å². The van der Waals surface area contributed by atoms with E-state index in [9.17, 15) is 29.4 Å². The zero-order valence-electron chi connectivity index (χ0n) is 19.3. The maximum atomic E-state index is 13.1. The Morgan fingerprint density at radius 2 is 1.03 bits per heavy atom. The van der Waals surface area contributed by atoms with Gasteiger partial charge in [0.1, 0.15) is 23.6 Å². The van der Waals surface area contributed by atoms with Crippen LogP contribution in [-0.4, -0.2) is 46.0 Å². The van der Waals surface area contributed by atoms with Gasteiger partial charge in [-0.25, -0.2) is 9.59 Å². The lowest BCUT2D eigenvalue weighted by molar-refractivity contribution is -0.140. The van der Waals surface area contributed by atoms with Gasteiger partial charge in [0.15, 0.2) is 0 Å². The SMILES string of the molecule is Cc1oc(C)c(C(=O)N[C@H](Cc2ccccc2)C(=O)O)c1C(=O)N[C@H](Cc1ccccc1)C(=O)O. The molecule has 0 aliphatic heterocycles. The number of furan rings is 1. The molecule has 0 saturated carbocycles. The van der Waals surface area contributed by atoms with Gasteiger partial charge in [0.2, 0.25) is 0 Å². The molecule has 0 spiro atoms. The van der Waals surface area contributed by atoms with Gasteiger partial charge >= 0.3 is 11.9 Å². The number of carboxylic acid groups (broad SMARTS) is 2. The highest BCUT2D eigenvalue weighted by Gasteiger charge is 2.31. The summed E-state index contributed by atoms with van der Waals surface area (Å²) in [5, 5.41) is 24.1. The summed E-state index contributed by atoms with van der Waals surface area (Å²) in [5.41, 5.74) is 1.15. The fraction of sp³-hybridized carbons (Fsp3) is 0.231. The maximum Gasteiger partial charge on any atom is 0.326 e. The summed E-state index contributed by atoms with van der Waals surface area (Å²) in [5.74, 6) is -3.85. The van der Waals surface area contributed by atoms with Crippen molar-refractivity contribution < 1.29 is 33.8 Å². The molecule has 0 unspecified atom stereocenters. The molecule has 9 heteroatoms. The lowest BCUT2D eigenvalue weighted by Crippen LogP contribution is -2.45. The summed E-state index contributed by atoms with van der Waals surface area (Å²) in [6.45, 7) is 2.95. The second kappa shape index (κ2) is 11.1. The van der Waals surface area contributed by atoms with Crippen LogP contribution in [0.4, 0.5) is 0 Å². The van der Waals surface area contributed by atoms with Crippen LogP contribution in [0.25, 0.3) is 0 Å². The van der Waals surface area contributed by atoms with E-state index in [2.05, 4.69) is 10.6 Å². The van der Waals surface area contributed by atoms with Gasteiger partial charge in [0, 0.05) is 12.8 Å². The van der Waals surface area contributed by atoms with Crippen LogP contribution in [0.15, 0.2) is 65.1 Å². The van der Waals surface area contributed by atoms with Crippen LogP contribution in [0.2, 0.25) is 0 Å². The molecule has 0 saturated heterocycles.